The van der Waals surface area contributed by atoms with Gasteiger partial charge in [0.2, 0.25) is 0 Å². The second kappa shape index (κ2) is 4.91. The molecule has 0 aromatic heterocycles. The van der Waals surface area contributed by atoms with Gasteiger partial charge in [-0.3, -0.25) is 4.79 Å². The van der Waals surface area contributed by atoms with E-state index in [1.807, 2.05) is 36.9 Å². The molecular formula is C13H16O2S. The molecule has 0 bridgehead atoms. The molecule has 86 valence electrons. The number of thioether (sulfide) groups is 1. The molecule has 1 aromatic carbocycles. The van der Waals surface area contributed by atoms with Crippen LogP contribution in [0.25, 0.3) is 0 Å². The van der Waals surface area contributed by atoms with E-state index in [0.29, 0.717) is 5.78 Å². The number of benzene rings is 1. The molecule has 0 radical (unpaired) electrons. The number of carbonyl (C=O) groups excluding carboxylic acids is 1. The largest absolute Gasteiger partial charge is 0.497 e. The van der Waals surface area contributed by atoms with Crippen molar-refractivity contribution < 1.29 is 9.53 Å². The Bertz CT molecular complexity index is 395. The molecule has 2 rings (SSSR count). The summed E-state index contributed by atoms with van der Waals surface area (Å²) < 4.78 is 5.14. The monoisotopic (exact) mass is 236 g/mol. The lowest BCUT2D eigenvalue weighted by Gasteiger charge is -2.11. The highest BCUT2D eigenvalue weighted by atomic mass is 32.2. The zero-order valence-corrected chi connectivity index (χ0v) is 10.5. The Morgan fingerprint density at radius 1 is 1.50 bits per heavy atom. The molecule has 1 aromatic rings. The van der Waals surface area contributed by atoms with E-state index in [1.54, 1.807) is 7.11 Å². The van der Waals surface area contributed by atoms with Gasteiger partial charge in [-0.15, -0.1) is 0 Å². The van der Waals surface area contributed by atoms with Crippen LogP contribution in [0.5, 0.6) is 5.75 Å². The molecule has 0 amide bonds. The molecule has 1 aliphatic rings. The third kappa shape index (κ3) is 2.24. The number of rotatable bonds is 3. The normalized spacial score (nSPS) is 19.8. The minimum absolute atomic E-state index is 0.220. The van der Waals surface area contributed by atoms with E-state index in [-0.39, 0.29) is 5.92 Å². The molecule has 1 unspecified atom stereocenters. The summed E-state index contributed by atoms with van der Waals surface area (Å²) >= 11 is 1.87. The zero-order valence-electron chi connectivity index (χ0n) is 9.66. The molecule has 1 heterocycles. The van der Waals surface area contributed by atoms with Crippen molar-refractivity contribution in [2.24, 2.45) is 5.92 Å². The van der Waals surface area contributed by atoms with E-state index >= 15 is 0 Å². The summed E-state index contributed by atoms with van der Waals surface area (Å²) in [4.78, 5) is 12.2. The van der Waals surface area contributed by atoms with Crippen molar-refractivity contribution in [3.63, 3.8) is 0 Å². The molecule has 0 saturated carbocycles. The fraction of sp³-hybridized carbons (Fsp3) is 0.462. The van der Waals surface area contributed by atoms with Crippen molar-refractivity contribution in [3.05, 3.63) is 29.3 Å². The summed E-state index contributed by atoms with van der Waals surface area (Å²) in [5, 5.41) is 0. The van der Waals surface area contributed by atoms with Gasteiger partial charge in [0.05, 0.1) is 7.11 Å². The molecule has 0 aliphatic carbocycles. The van der Waals surface area contributed by atoms with Gasteiger partial charge in [0.15, 0.2) is 5.78 Å². The fourth-order valence-electron chi connectivity index (χ4n) is 2.00. The van der Waals surface area contributed by atoms with Gasteiger partial charge in [-0.2, -0.15) is 11.8 Å². The van der Waals surface area contributed by atoms with Gasteiger partial charge in [0.25, 0.3) is 0 Å². The number of carbonyl (C=O) groups is 1. The quantitative estimate of drug-likeness (QED) is 0.755. The molecule has 0 N–H and O–H groups in total. The maximum Gasteiger partial charge on any atom is 0.167 e. The highest BCUT2D eigenvalue weighted by Crippen LogP contribution is 2.28. The first-order chi connectivity index (χ1) is 7.72. The van der Waals surface area contributed by atoms with Crippen LogP contribution < -0.4 is 4.74 Å². The van der Waals surface area contributed by atoms with Gasteiger partial charge in [0, 0.05) is 17.2 Å². The Morgan fingerprint density at radius 3 is 2.88 bits per heavy atom. The van der Waals surface area contributed by atoms with Crippen molar-refractivity contribution in [1.82, 2.24) is 0 Å². The molecule has 1 aliphatic heterocycles. The second-order valence-corrected chi connectivity index (χ2v) is 5.26. The summed E-state index contributed by atoms with van der Waals surface area (Å²) in [7, 11) is 1.64. The Balaban J connectivity index is 2.22. The predicted molar refractivity (Wildman–Crippen MR) is 67.5 cm³/mol. The van der Waals surface area contributed by atoms with Gasteiger partial charge in [0.1, 0.15) is 5.75 Å². The fourth-order valence-corrected chi connectivity index (χ4v) is 3.22. The van der Waals surface area contributed by atoms with Gasteiger partial charge < -0.3 is 4.74 Å². The summed E-state index contributed by atoms with van der Waals surface area (Å²) in [6.07, 6.45) is 1.02. The topological polar surface area (TPSA) is 26.3 Å². The minimum atomic E-state index is 0.220. The zero-order chi connectivity index (χ0) is 11.5. The number of aryl methyl sites for hydroxylation is 1. The van der Waals surface area contributed by atoms with Crippen molar-refractivity contribution >= 4 is 17.5 Å². The lowest BCUT2D eigenvalue weighted by atomic mass is 9.94. The highest BCUT2D eigenvalue weighted by molar-refractivity contribution is 7.99. The number of methoxy groups -OCH3 is 1. The molecule has 1 atom stereocenters. The molecular weight excluding hydrogens is 220 g/mol. The third-order valence-corrected chi connectivity index (χ3v) is 4.16. The maximum atomic E-state index is 12.2. The lowest BCUT2D eigenvalue weighted by Crippen LogP contribution is -2.15. The van der Waals surface area contributed by atoms with Crippen molar-refractivity contribution in [2.45, 2.75) is 13.3 Å². The van der Waals surface area contributed by atoms with Crippen LogP contribution >= 0.6 is 11.8 Å². The summed E-state index contributed by atoms with van der Waals surface area (Å²) in [6, 6.07) is 5.68. The molecule has 16 heavy (non-hydrogen) atoms. The predicted octanol–water partition coefficient (Wildman–Crippen LogP) is 2.94. The van der Waals surface area contributed by atoms with E-state index in [1.165, 1.54) is 0 Å². The Morgan fingerprint density at radius 2 is 2.31 bits per heavy atom. The van der Waals surface area contributed by atoms with E-state index in [2.05, 4.69) is 0 Å². The highest BCUT2D eigenvalue weighted by Gasteiger charge is 2.25. The summed E-state index contributed by atoms with van der Waals surface area (Å²) in [5.74, 6) is 3.42. The number of hydrogen-bond donors (Lipinski definition) is 0. The average molecular weight is 236 g/mol. The van der Waals surface area contributed by atoms with Crippen LogP contribution in [-0.4, -0.2) is 24.4 Å². The van der Waals surface area contributed by atoms with E-state index < -0.39 is 0 Å². The lowest BCUT2D eigenvalue weighted by molar-refractivity contribution is 0.0933. The first-order valence-corrected chi connectivity index (χ1v) is 6.64. The average Bonchev–Trinajstić information content (AvgIpc) is 2.81. The third-order valence-electron chi connectivity index (χ3n) is 3.00. The maximum absolute atomic E-state index is 12.2. The van der Waals surface area contributed by atoms with E-state index in [0.717, 1.165) is 34.8 Å². The molecule has 2 nitrogen and oxygen atoms in total. The van der Waals surface area contributed by atoms with Crippen LogP contribution in [0.2, 0.25) is 0 Å². The molecule has 0 spiro atoms. The van der Waals surface area contributed by atoms with Crippen LogP contribution in [0.4, 0.5) is 0 Å². The van der Waals surface area contributed by atoms with Crippen LogP contribution in [0.3, 0.4) is 0 Å². The SMILES string of the molecule is COc1ccc(C(=O)C2CCSC2)c(C)c1. The number of Topliss-reactive ketones (excluding diaryl/α,β-unsaturated/α-hetero) is 1. The Kier molecular flexibility index (Phi) is 3.54. The molecule has 3 heteroatoms. The van der Waals surface area contributed by atoms with Gasteiger partial charge in [-0.25, -0.2) is 0 Å². The van der Waals surface area contributed by atoms with Crippen LogP contribution in [0.15, 0.2) is 18.2 Å². The minimum Gasteiger partial charge on any atom is -0.497 e. The second-order valence-electron chi connectivity index (χ2n) is 4.11. The van der Waals surface area contributed by atoms with Crippen LogP contribution in [0, 0.1) is 12.8 Å². The Hall–Kier alpha value is -0.960. The first kappa shape index (κ1) is 11.5. The van der Waals surface area contributed by atoms with Crippen molar-refractivity contribution in [2.75, 3.05) is 18.6 Å². The molecule has 1 saturated heterocycles. The van der Waals surface area contributed by atoms with Crippen molar-refractivity contribution in [3.8, 4) is 5.75 Å². The van der Waals surface area contributed by atoms with E-state index in [9.17, 15) is 4.79 Å². The molecule has 1 fully saturated rings. The van der Waals surface area contributed by atoms with Gasteiger partial charge in [-0.05, 0) is 42.9 Å². The van der Waals surface area contributed by atoms with Crippen LogP contribution in [0.1, 0.15) is 22.3 Å². The van der Waals surface area contributed by atoms with E-state index in [4.69, 9.17) is 4.74 Å². The van der Waals surface area contributed by atoms with Gasteiger partial charge in [-0.1, -0.05) is 0 Å². The standard InChI is InChI=1S/C13H16O2S/c1-9-7-11(15-2)3-4-12(9)13(14)10-5-6-16-8-10/h3-4,7,10H,5-6,8H2,1-2H3. The van der Waals surface area contributed by atoms with Crippen molar-refractivity contribution in [1.29, 1.82) is 0 Å². The smallest absolute Gasteiger partial charge is 0.167 e. The summed E-state index contributed by atoms with van der Waals surface area (Å²) in [6.45, 7) is 1.97. The Labute approximate surface area is 100 Å². The van der Waals surface area contributed by atoms with Crippen LogP contribution in [-0.2, 0) is 0 Å². The van der Waals surface area contributed by atoms with Gasteiger partial charge >= 0.3 is 0 Å². The number of hydrogen-bond acceptors (Lipinski definition) is 3. The number of ether oxygens (including phenoxy) is 1. The first-order valence-electron chi connectivity index (χ1n) is 5.49. The summed E-state index contributed by atoms with van der Waals surface area (Å²) in [5.41, 5.74) is 1.87. The number of ketones is 1.